The zero-order chi connectivity index (χ0) is 34.7. The Morgan fingerprint density at radius 2 is 1.08 bits per heavy atom. The van der Waals surface area contributed by atoms with Gasteiger partial charge in [0.15, 0.2) is 0 Å². The molecule has 5 saturated carbocycles. The molecule has 0 spiro atoms. The van der Waals surface area contributed by atoms with Crippen LogP contribution in [0.25, 0.3) is 0 Å². The van der Waals surface area contributed by atoms with Crippen molar-refractivity contribution in [3.8, 4) is 0 Å². The molecule has 16 unspecified atom stereocenters. The molecule has 2 saturated heterocycles. The summed E-state index contributed by atoms with van der Waals surface area (Å²) in [6.07, 6.45) is 11.3. The van der Waals surface area contributed by atoms with E-state index in [4.69, 9.17) is 39.9 Å². The number of hydrogen-bond acceptors (Lipinski definition) is 8. The Bertz CT molecular complexity index is 1130. The van der Waals surface area contributed by atoms with Crippen molar-refractivity contribution in [2.75, 3.05) is 13.1 Å². The maximum atomic E-state index is 12.8. The van der Waals surface area contributed by atoms with Crippen LogP contribution in [0.1, 0.15) is 103 Å². The Labute approximate surface area is 323 Å². The van der Waals surface area contributed by atoms with Crippen molar-refractivity contribution in [3.05, 3.63) is 0 Å². The van der Waals surface area contributed by atoms with Crippen molar-refractivity contribution in [3.63, 3.8) is 0 Å². The van der Waals surface area contributed by atoms with E-state index in [2.05, 4.69) is 26.0 Å². The molecule has 7 fully saturated rings. The second kappa shape index (κ2) is 18.8. The van der Waals surface area contributed by atoms with Gasteiger partial charge in [-0.2, -0.15) is 33.6 Å². The number of aliphatic hydroxyl groups is 2. The Morgan fingerprint density at radius 1 is 0.560 bits per heavy atom. The fourth-order valence-corrected chi connectivity index (χ4v) is 11.6. The summed E-state index contributed by atoms with van der Waals surface area (Å²) in [5, 5.41) is 44.5. The molecule has 50 heavy (non-hydrogen) atoms. The minimum Gasteiger partial charge on any atom is -0.391 e. The minimum absolute atomic E-state index is 0. The van der Waals surface area contributed by atoms with Crippen molar-refractivity contribution in [1.82, 2.24) is 10.6 Å². The number of hydrogen-bond donors (Lipinski definition) is 4. The van der Waals surface area contributed by atoms with E-state index in [-0.39, 0.29) is 67.6 Å². The summed E-state index contributed by atoms with van der Waals surface area (Å²) in [5.74, 6) is 1.88. The van der Waals surface area contributed by atoms with Crippen LogP contribution in [-0.4, -0.2) is 82.2 Å². The molecule has 0 amide bonds. The van der Waals surface area contributed by atoms with E-state index >= 15 is 0 Å². The maximum Gasteiger partial charge on any atom is 0.393 e. The third-order valence-corrected chi connectivity index (χ3v) is 14.2. The first kappa shape index (κ1) is 41.5. The maximum absolute atomic E-state index is 12.8. The monoisotopic (exact) mass is 818 g/mol. The number of fused-ring (bicyclic) bond motifs is 4. The second-order valence-electron chi connectivity index (χ2n) is 16.1. The fraction of sp³-hybridized carbons (Fsp3) is 1.00. The predicted octanol–water partition coefficient (Wildman–Crippen LogP) is 8.20. The fourth-order valence-electron chi connectivity index (χ4n) is 10.5. The first-order valence-corrected chi connectivity index (χ1v) is 20.4. The molecule has 0 radical (unpaired) electrons. The van der Waals surface area contributed by atoms with Crippen LogP contribution in [0.15, 0.2) is 20.5 Å². The number of nitrogens with one attached hydrogen (secondary N) is 2. The van der Waals surface area contributed by atoms with E-state index in [0.29, 0.717) is 29.6 Å². The Kier molecular flexibility index (Phi) is 15.6. The van der Waals surface area contributed by atoms with Crippen LogP contribution in [0.5, 0.6) is 0 Å². The quantitative estimate of drug-likeness (QED) is 0.130. The first-order chi connectivity index (χ1) is 23.5. The molecule has 7 aliphatic rings. The van der Waals surface area contributed by atoms with Crippen LogP contribution in [0.2, 0.25) is 0 Å². The van der Waals surface area contributed by atoms with E-state index in [0.717, 1.165) is 51.0 Å². The summed E-state index contributed by atoms with van der Waals surface area (Å²) >= 11 is 18.7. The third kappa shape index (κ3) is 9.94. The van der Waals surface area contributed by atoms with Gasteiger partial charge in [0.05, 0.1) is 34.9 Å². The molecular formula is C35H56Cl3F3N6O2Zn. The topological polar surface area (TPSA) is 114 Å². The van der Waals surface area contributed by atoms with Crippen LogP contribution in [0.3, 0.4) is 0 Å². The van der Waals surface area contributed by atoms with Gasteiger partial charge in [0.25, 0.3) is 0 Å². The number of nitrogens with zero attached hydrogens (tertiary/aromatic N) is 4. The SMILES string of the molecule is OC1C2CCCCC2C2CCCCC2C1N=NC1NCC(Cl)CC1Cl.OC1CCC2CCCCC2C1N=NC1NCC(C(F)(F)F)CC1Cl.[Zn]. The van der Waals surface area contributed by atoms with Crippen molar-refractivity contribution >= 4 is 34.8 Å². The van der Waals surface area contributed by atoms with Crippen LogP contribution < -0.4 is 10.6 Å². The van der Waals surface area contributed by atoms with Crippen molar-refractivity contribution in [1.29, 1.82) is 0 Å². The number of aliphatic hydroxyl groups excluding tert-OH is 2. The number of azo groups is 2. The van der Waals surface area contributed by atoms with Gasteiger partial charge in [0, 0.05) is 37.9 Å². The molecule has 7 rings (SSSR count). The molecule has 282 valence electrons. The molecule has 5 aliphatic carbocycles. The normalized spacial score (nSPS) is 46.9. The number of alkyl halides is 6. The summed E-state index contributed by atoms with van der Waals surface area (Å²) in [6, 6.07) is -0.279. The van der Waals surface area contributed by atoms with E-state index in [1.54, 1.807) is 0 Å². The smallest absolute Gasteiger partial charge is 0.391 e. The molecule has 0 aromatic heterocycles. The van der Waals surface area contributed by atoms with Crippen LogP contribution >= 0.6 is 34.8 Å². The van der Waals surface area contributed by atoms with Crippen LogP contribution in [0.4, 0.5) is 13.2 Å². The molecule has 0 bridgehead atoms. The Morgan fingerprint density at radius 3 is 1.70 bits per heavy atom. The standard InChI is InChI=1S/C19H31Cl2N3O.C16H25ClF3N3O.Zn/c20-11-9-16(21)19(22-10-11)24-23-17-14-7-3-1-5-12(14)13-6-2-4-8-15(13)18(17)25;17-12-7-10(16(18,19)20)8-21-15(12)23-22-14-11-4-2-1-3-9(11)5-6-13(14)24;/h11-19,22,25H,1-10H2;9-15,21,24H,1-8H2;. The second-order valence-corrected chi connectivity index (χ2v) is 17.8. The van der Waals surface area contributed by atoms with Gasteiger partial charge in [0.2, 0.25) is 0 Å². The van der Waals surface area contributed by atoms with Crippen molar-refractivity contribution < 1.29 is 42.9 Å². The summed E-state index contributed by atoms with van der Waals surface area (Å²) in [6.45, 7) is 0.536. The van der Waals surface area contributed by atoms with E-state index in [1.165, 1.54) is 57.8 Å². The van der Waals surface area contributed by atoms with E-state index in [9.17, 15) is 23.4 Å². The summed E-state index contributed by atoms with van der Waals surface area (Å²) < 4.78 is 38.3. The summed E-state index contributed by atoms with van der Waals surface area (Å²) in [7, 11) is 0. The third-order valence-electron chi connectivity index (χ3n) is 13.1. The Balaban J connectivity index is 0.000000191. The molecule has 16 atom stereocenters. The van der Waals surface area contributed by atoms with Gasteiger partial charge in [0.1, 0.15) is 18.4 Å². The molecular weight excluding hydrogens is 765 g/mol. The van der Waals surface area contributed by atoms with Gasteiger partial charge in [-0.15, -0.1) is 34.8 Å². The average molecular weight is 822 g/mol. The van der Waals surface area contributed by atoms with Gasteiger partial charge in [-0.05, 0) is 93.3 Å². The average Bonchev–Trinajstić information content (AvgIpc) is 3.09. The van der Waals surface area contributed by atoms with Gasteiger partial charge < -0.3 is 10.2 Å². The van der Waals surface area contributed by atoms with Crippen LogP contribution in [-0.2, 0) is 19.5 Å². The zero-order valence-corrected chi connectivity index (χ0v) is 34.4. The van der Waals surface area contributed by atoms with Gasteiger partial charge in [-0.3, -0.25) is 10.6 Å². The van der Waals surface area contributed by atoms with E-state index in [1.807, 2.05) is 0 Å². The summed E-state index contributed by atoms with van der Waals surface area (Å²) in [4.78, 5) is 0. The number of piperidine rings is 2. The van der Waals surface area contributed by atoms with Gasteiger partial charge >= 0.3 is 6.18 Å². The largest absolute Gasteiger partial charge is 0.393 e. The van der Waals surface area contributed by atoms with E-state index < -0.39 is 29.7 Å². The molecule has 8 nitrogen and oxygen atoms in total. The molecule has 0 aromatic carbocycles. The van der Waals surface area contributed by atoms with Gasteiger partial charge in [-0.25, -0.2) is 0 Å². The summed E-state index contributed by atoms with van der Waals surface area (Å²) in [5.41, 5.74) is 0. The molecule has 2 aliphatic heterocycles. The molecule has 2 heterocycles. The number of rotatable bonds is 4. The Hall–Kier alpha value is 0.323. The van der Waals surface area contributed by atoms with Gasteiger partial charge in [-0.1, -0.05) is 44.9 Å². The number of halogens is 6. The molecule has 15 heteroatoms. The zero-order valence-electron chi connectivity index (χ0n) is 29.1. The predicted molar refractivity (Wildman–Crippen MR) is 186 cm³/mol. The molecule has 0 aromatic rings. The van der Waals surface area contributed by atoms with Crippen molar-refractivity contribution in [2.45, 2.75) is 162 Å². The minimum atomic E-state index is -4.24. The van der Waals surface area contributed by atoms with Crippen molar-refractivity contribution in [2.24, 2.45) is 61.9 Å². The first-order valence-electron chi connectivity index (χ1n) is 19.1. The molecule has 4 N–H and O–H groups in total. The van der Waals surface area contributed by atoms with Crippen LogP contribution in [0, 0.1) is 41.4 Å².